The molecule has 0 fully saturated rings. The first-order chi connectivity index (χ1) is 12.8. The Kier molecular flexibility index (Phi) is 5.20. The number of rotatable bonds is 5. The summed E-state index contributed by atoms with van der Waals surface area (Å²) in [6, 6.07) is 9.31. The molecule has 0 spiro atoms. The van der Waals surface area contributed by atoms with E-state index in [-0.39, 0.29) is 11.6 Å². The largest absolute Gasteiger partial charge is 0.456 e. The number of nitrogens with one attached hydrogen (secondary N) is 1. The second-order valence-electron chi connectivity index (χ2n) is 5.77. The van der Waals surface area contributed by atoms with Crippen LogP contribution in [0.15, 0.2) is 57.2 Å². The highest BCUT2D eigenvalue weighted by molar-refractivity contribution is 8.34. The third-order valence-corrected chi connectivity index (χ3v) is 6.76. The molecule has 1 N–H and O–H groups in total. The van der Waals surface area contributed by atoms with E-state index in [1.165, 1.54) is 31.2 Å². The Hall–Kier alpha value is -2.84. The predicted molar refractivity (Wildman–Crippen MR) is 107 cm³/mol. The molecular formula is C18H16ClN3O4S. The third-order valence-electron chi connectivity index (χ3n) is 3.72. The molecule has 0 saturated heterocycles. The highest BCUT2D eigenvalue weighted by Gasteiger charge is 2.27. The van der Waals surface area contributed by atoms with Crippen LogP contribution in [0.2, 0.25) is 5.02 Å². The molecule has 27 heavy (non-hydrogen) atoms. The lowest BCUT2D eigenvalue weighted by atomic mass is 10.2. The normalized spacial score (nSPS) is 20.1. The van der Waals surface area contributed by atoms with Crippen molar-refractivity contribution in [2.45, 2.75) is 18.7 Å². The number of nitro benzene ring substituents is 1. The molecule has 1 aliphatic rings. The number of nitrogens with zero attached hydrogens (tertiary/aromatic N) is 2. The highest BCUT2D eigenvalue weighted by atomic mass is 35.5. The van der Waals surface area contributed by atoms with E-state index in [0.717, 1.165) is 10.5 Å². The fourth-order valence-electron chi connectivity index (χ4n) is 2.52. The van der Waals surface area contributed by atoms with Crippen LogP contribution in [0.25, 0.3) is 0 Å². The molecular weight excluding hydrogens is 390 g/mol. The standard InChI is InChI=1S/C18H16ClN3O4S/c1-12-10-16(27(21-13(2)23)9-3-8-20-27)11-17(18(12)19)26-15-6-4-14(5-7-15)22(24)25/h3-11H,1-2H3,(H,21,23). The number of aryl methyl sites for hydroxylation is 1. The number of benzene rings is 2. The van der Waals surface area contributed by atoms with Gasteiger partial charge in [0.2, 0.25) is 5.91 Å². The summed E-state index contributed by atoms with van der Waals surface area (Å²) in [5.74, 6) is 0.598. The van der Waals surface area contributed by atoms with Gasteiger partial charge in [0.1, 0.15) is 11.5 Å². The topological polar surface area (TPSA) is 93.8 Å². The van der Waals surface area contributed by atoms with Gasteiger partial charge in [-0.1, -0.05) is 11.6 Å². The molecule has 2 aromatic carbocycles. The molecule has 0 bridgehead atoms. The highest BCUT2D eigenvalue weighted by Crippen LogP contribution is 2.58. The Balaban J connectivity index is 1.99. The smallest absolute Gasteiger partial charge is 0.269 e. The maximum Gasteiger partial charge on any atom is 0.269 e. The third kappa shape index (κ3) is 3.96. The van der Waals surface area contributed by atoms with E-state index in [1.807, 2.05) is 18.4 Å². The maximum absolute atomic E-state index is 11.7. The second-order valence-corrected chi connectivity index (χ2v) is 8.56. The van der Waals surface area contributed by atoms with E-state index in [1.54, 1.807) is 18.4 Å². The summed E-state index contributed by atoms with van der Waals surface area (Å²) in [7, 11) is -2.05. The summed E-state index contributed by atoms with van der Waals surface area (Å²) in [4.78, 5) is 22.7. The molecule has 3 rings (SSSR count). The van der Waals surface area contributed by atoms with Crippen molar-refractivity contribution in [2.75, 3.05) is 0 Å². The molecule has 1 atom stereocenters. The Labute approximate surface area is 162 Å². The molecule has 1 unspecified atom stereocenters. The van der Waals surface area contributed by atoms with Crippen LogP contribution < -0.4 is 9.46 Å². The van der Waals surface area contributed by atoms with E-state index in [2.05, 4.69) is 9.12 Å². The Morgan fingerprint density at radius 1 is 1.30 bits per heavy atom. The lowest BCUT2D eigenvalue weighted by Crippen LogP contribution is -2.22. The fraction of sp³-hybridized carbons (Fsp3) is 0.111. The molecule has 7 nitrogen and oxygen atoms in total. The van der Waals surface area contributed by atoms with Gasteiger partial charge in [0, 0.05) is 30.2 Å². The minimum atomic E-state index is -2.05. The monoisotopic (exact) mass is 405 g/mol. The van der Waals surface area contributed by atoms with Crippen molar-refractivity contribution in [3.63, 3.8) is 0 Å². The number of allylic oxidation sites excluding steroid dienone is 1. The molecule has 1 aliphatic heterocycles. The van der Waals surface area contributed by atoms with Crippen LogP contribution in [0, 0.1) is 17.0 Å². The van der Waals surface area contributed by atoms with Crippen LogP contribution in [0.1, 0.15) is 12.5 Å². The number of hydrogen-bond acceptors (Lipinski definition) is 5. The number of ether oxygens (including phenoxy) is 1. The number of carbonyl (C=O) groups excluding carboxylic acids is 1. The van der Waals surface area contributed by atoms with Gasteiger partial charge < -0.3 is 4.74 Å². The fourth-order valence-corrected chi connectivity index (χ4v) is 4.89. The van der Waals surface area contributed by atoms with Crippen LogP contribution in [-0.2, 0) is 4.79 Å². The van der Waals surface area contributed by atoms with Gasteiger partial charge >= 0.3 is 0 Å². The summed E-state index contributed by atoms with van der Waals surface area (Å²) in [6.07, 6.45) is 3.43. The first kappa shape index (κ1) is 18.9. The summed E-state index contributed by atoms with van der Waals surface area (Å²) >= 11 is 6.39. The quantitative estimate of drug-likeness (QED) is 0.554. The van der Waals surface area contributed by atoms with Crippen molar-refractivity contribution in [1.82, 2.24) is 4.72 Å². The van der Waals surface area contributed by atoms with Gasteiger partial charge in [-0.3, -0.25) is 19.6 Å². The second kappa shape index (κ2) is 7.42. The van der Waals surface area contributed by atoms with E-state index >= 15 is 0 Å². The molecule has 0 radical (unpaired) electrons. The molecule has 140 valence electrons. The summed E-state index contributed by atoms with van der Waals surface area (Å²) in [5, 5.41) is 13.0. The van der Waals surface area contributed by atoms with Crippen LogP contribution in [0.5, 0.6) is 11.5 Å². The summed E-state index contributed by atoms with van der Waals surface area (Å²) in [5.41, 5.74) is 0.733. The molecule has 0 aliphatic carbocycles. The molecule has 0 aromatic heterocycles. The first-order valence-corrected chi connectivity index (χ1v) is 9.90. The Morgan fingerprint density at radius 3 is 2.56 bits per heavy atom. The van der Waals surface area contributed by atoms with E-state index in [0.29, 0.717) is 16.5 Å². The Morgan fingerprint density at radius 2 is 2.00 bits per heavy atom. The van der Waals surface area contributed by atoms with E-state index in [4.69, 9.17) is 16.3 Å². The lowest BCUT2D eigenvalue weighted by Gasteiger charge is -2.31. The van der Waals surface area contributed by atoms with Gasteiger partial charge in [-0.05, 0) is 58.6 Å². The number of carbonyl (C=O) groups is 1. The van der Waals surface area contributed by atoms with Crippen LogP contribution in [0.4, 0.5) is 5.69 Å². The minimum Gasteiger partial charge on any atom is -0.456 e. The van der Waals surface area contributed by atoms with Gasteiger partial charge in [-0.15, -0.1) is 0 Å². The number of halogens is 1. The average molecular weight is 406 g/mol. The zero-order valence-electron chi connectivity index (χ0n) is 14.5. The molecule has 9 heteroatoms. The first-order valence-electron chi connectivity index (χ1n) is 7.87. The molecule has 1 heterocycles. The van der Waals surface area contributed by atoms with Crippen molar-refractivity contribution < 1.29 is 14.5 Å². The molecule has 0 saturated carbocycles. The molecule has 1 amide bonds. The maximum atomic E-state index is 11.7. The van der Waals surface area contributed by atoms with Crippen LogP contribution in [-0.4, -0.2) is 17.0 Å². The summed E-state index contributed by atoms with van der Waals surface area (Å²) < 4.78 is 13.2. The van der Waals surface area contributed by atoms with Crippen molar-refractivity contribution in [1.29, 1.82) is 0 Å². The van der Waals surface area contributed by atoms with Crippen molar-refractivity contribution in [2.24, 2.45) is 4.40 Å². The van der Waals surface area contributed by atoms with E-state index in [9.17, 15) is 14.9 Å². The minimum absolute atomic E-state index is 0.0298. The Bertz CT molecular complexity index is 961. The van der Waals surface area contributed by atoms with Crippen molar-refractivity contribution in [3.8, 4) is 11.5 Å². The number of amides is 1. The zero-order valence-corrected chi connectivity index (χ0v) is 16.1. The van der Waals surface area contributed by atoms with Crippen molar-refractivity contribution in [3.05, 3.63) is 68.6 Å². The van der Waals surface area contributed by atoms with E-state index < -0.39 is 15.3 Å². The summed E-state index contributed by atoms with van der Waals surface area (Å²) in [6.45, 7) is 3.27. The predicted octanol–water partition coefficient (Wildman–Crippen LogP) is 5.08. The number of non-ortho nitro benzene ring substituents is 1. The van der Waals surface area contributed by atoms with Crippen LogP contribution >= 0.6 is 22.0 Å². The average Bonchev–Trinajstić information content (AvgIpc) is 3.08. The number of hydrogen-bond donors (Lipinski definition) is 1. The molecule has 2 aromatic rings. The van der Waals surface area contributed by atoms with Gasteiger partial charge in [-0.25, -0.2) is 4.40 Å². The van der Waals surface area contributed by atoms with Gasteiger partial charge in [0.15, 0.2) is 0 Å². The SMILES string of the molecule is CC(=O)NS1(c2cc(C)c(Cl)c(Oc3ccc([N+](=O)[O-])cc3)c2)C=CC=N1. The zero-order chi connectivity index (χ0) is 19.6. The van der Waals surface area contributed by atoms with Gasteiger partial charge in [0.05, 0.1) is 9.95 Å². The van der Waals surface area contributed by atoms with Crippen molar-refractivity contribution >= 4 is 39.8 Å². The van der Waals surface area contributed by atoms with Gasteiger partial charge in [-0.2, -0.15) is 0 Å². The lowest BCUT2D eigenvalue weighted by molar-refractivity contribution is -0.384. The van der Waals surface area contributed by atoms with Gasteiger partial charge in [0.25, 0.3) is 5.69 Å². The number of nitro groups is 1. The van der Waals surface area contributed by atoms with Crippen LogP contribution in [0.3, 0.4) is 0 Å².